The van der Waals surface area contributed by atoms with E-state index in [2.05, 4.69) is 27.7 Å². The molecule has 0 aliphatic heterocycles. The molecule has 6 heteroatoms. The maximum absolute atomic E-state index is 12.7. The highest BCUT2D eigenvalue weighted by molar-refractivity contribution is 5.71. The van der Waals surface area contributed by atoms with Crippen molar-refractivity contribution in [1.29, 1.82) is 0 Å². The average Bonchev–Trinajstić information content (AvgIpc) is 3.15. The molecule has 1 atom stereocenters. The summed E-state index contributed by atoms with van der Waals surface area (Å²) in [5.41, 5.74) is 0. The zero-order valence-electron chi connectivity index (χ0n) is 36.7. The van der Waals surface area contributed by atoms with Crippen molar-refractivity contribution >= 4 is 17.9 Å². The first-order valence-electron chi connectivity index (χ1n) is 23.9. The smallest absolute Gasteiger partial charge is 0.306 e. The molecule has 0 aromatic heterocycles. The normalized spacial score (nSPS) is 11.9. The summed E-state index contributed by atoms with van der Waals surface area (Å²) in [5.74, 6) is -0.0913. The van der Waals surface area contributed by atoms with Crippen molar-refractivity contribution in [3.8, 4) is 0 Å². The molecule has 0 aliphatic carbocycles. The number of unbranched alkanes of at least 4 members (excludes halogenated alkanes) is 30. The fourth-order valence-corrected chi connectivity index (χ4v) is 7.16. The van der Waals surface area contributed by atoms with Crippen LogP contribution in [0.2, 0.25) is 0 Å². The molecule has 0 saturated carbocycles. The van der Waals surface area contributed by atoms with Gasteiger partial charge in [0.2, 0.25) is 0 Å². The third-order valence-electron chi connectivity index (χ3n) is 10.8. The minimum absolute atomic E-state index is 0.0640. The Morgan fingerprint density at radius 1 is 0.352 bits per heavy atom. The number of ether oxygens (including phenoxy) is 3. The van der Waals surface area contributed by atoms with E-state index in [1.54, 1.807) is 0 Å². The number of carbonyl (C=O) groups excluding carboxylic acids is 3. The SMILES string of the molecule is CCCCCCCCCCCCCCCCC(=O)OC[C@H](COC(=O)CCCCCCCCC(C)C)OC(=O)CCCCCCCCCCCCCCC. The van der Waals surface area contributed by atoms with Crippen molar-refractivity contribution in [3.05, 3.63) is 0 Å². The molecule has 0 N–H and O–H groups in total. The van der Waals surface area contributed by atoms with E-state index in [1.807, 2.05) is 0 Å². The Hall–Kier alpha value is -1.59. The first kappa shape index (κ1) is 52.4. The molecule has 320 valence electrons. The van der Waals surface area contributed by atoms with Gasteiger partial charge in [0.1, 0.15) is 13.2 Å². The minimum Gasteiger partial charge on any atom is -0.462 e. The van der Waals surface area contributed by atoms with Crippen molar-refractivity contribution in [3.63, 3.8) is 0 Å². The Bertz CT molecular complexity index is 811. The van der Waals surface area contributed by atoms with Crippen LogP contribution >= 0.6 is 0 Å². The summed E-state index contributed by atoms with van der Waals surface area (Å²) in [6, 6.07) is 0. The van der Waals surface area contributed by atoms with Crippen molar-refractivity contribution in [2.75, 3.05) is 13.2 Å². The van der Waals surface area contributed by atoms with Crippen LogP contribution in [-0.2, 0) is 28.6 Å². The lowest BCUT2D eigenvalue weighted by atomic mass is 10.0. The second-order valence-corrected chi connectivity index (χ2v) is 16.9. The molecular formula is C48H92O6. The molecule has 0 aromatic carbocycles. The summed E-state index contributed by atoms with van der Waals surface area (Å²) in [4.78, 5) is 37.7. The van der Waals surface area contributed by atoms with Crippen molar-refractivity contribution in [2.45, 2.75) is 271 Å². The van der Waals surface area contributed by atoms with E-state index < -0.39 is 6.10 Å². The van der Waals surface area contributed by atoms with Gasteiger partial charge in [0.25, 0.3) is 0 Å². The van der Waals surface area contributed by atoms with Crippen LogP contribution in [0.15, 0.2) is 0 Å². The quantitative estimate of drug-likeness (QED) is 0.0349. The fraction of sp³-hybridized carbons (Fsp3) is 0.938. The second-order valence-electron chi connectivity index (χ2n) is 16.9. The van der Waals surface area contributed by atoms with Gasteiger partial charge in [-0.15, -0.1) is 0 Å². The van der Waals surface area contributed by atoms with Gasteiger partial charge in [-0.1, -0.05) is 227 Å². The van der Waals surface area contributed by atoms with Crippen molar-refractivity contribution in [1.82, 2.24) is 0 Å². The van der Waals surface area contributed by atoms with Gasteiger partial charge in [0.05, 0.1) is 0 Å². The minimum atomic E-state index is -0.760. The van der Waals surface area contributed by atoms with E-state index in [1.165, 1.54) is 161 Å². The summed E-state index contributed by atoms with van der Waals surface area (Å²) in [7, 11) is 0. The van der Waals surface area contributed by atoms with Crippen LogP contribution in [0.1, 0.15) is 265 Å². The van der Waals surface area contributed by atoms with E-state index >= 15 is 0 Å². The largest absolute Gasteiger partial charge is 0.462 e. The van der Waals surface area contributed by atoms with Crippen LogP contribution in [0.5, 0.6) is 0 Å². The number of rotatable bonds is 43. The monoisotopic (exact) mass is 765 g/mol. The molecule has 0 saturated heterocycles. The topological polar surface area (TPSA) is 78.9 Å². The van der Waals surface area contributed by atoms with E-state index in [4.69, 9.17) is 14.2 Å². The summed E-state index contributed by atoms with van der Waals surface area (Å²) < 4.78 is 16.7. The Balaban J connectivity index is 4.30. The van der Waals surface area contributed by atoms with E-state index in [0.717, 1.165) is 63.7 Å². The maximum Gasteiger partial charge on any atom is 0.306 e. The van der Waals surface area contributed by atoms with E-state index in [0.29, 0.717) is 19.3 Å². The lowest BCUT2D eigenvalue weighted by Crippen LogP contribution is -2.30. The highest BCUT2D eigenvalue weighted by atomic mass is 16.6. The number of hydrogen-bond acceptors (Lipinski definition) is 6. The first-order valence-corrected chi connectivity index (χ1v) is 23.9. The van der Waals surface area contributed by atoms with Gasteiger partial charge < -0.3 is 14.2 Å². The molecule has 0 radical (unpaired) electrons. The van der Waals surface area contributed by atoms with E-state index in [-0.39, 0.29) is 31.1 Å². The molecule has 6 nitrogen and oxygen atoms in total. The van der Waals surface area contributed by atoms with Crippen LogP contribution in [0, 0.1) is 5.92 Å². The highest BCUT2D eigenvalue weighted by Gasteiger charge is 2.19. The molecular weight excluding hydrogens is 673 g/mol. The molecule has 0 fully saturated rings. The Kier molecular flexibility index (Phi) is 41.3. The van der Waals surface area contributed by atoms with Crippen LogP contribution in [0.25, 0.3) is 0 Å². The van der Waals surface area contributed by atoms with E-state index in [9.17, 15) is 14.4 Å². The number of carbonyl (C=O) groups is 3. The third kappa shape index (κ3) is 41.6. The summed E-state index contributed by atoms with van der Waals surface area (Å²) in [6.07, 6.45) is 42.4. The molecule has 0 bridgehead atoms. The Labute approximate surface area is 336 Å². The molecule has 0 spiro atoms. The lowest BCUT2D eigenvalue weighted by Gasteiger charge is -2.18. The van der Waals surface area contributed by atoms with Gasteiger partial charge in [-0.3, -0.25) is 14.4 Å². The first-order chi connectivity index (χ1) is 26.4. The number of esters is 3. The Morgan fingerprint density at radius 3 is 0.907 bits per heavy atom. The molecule has 0 amide bonds. The second kappa shape index (κ2) is 42.6. The molecule has 0 aromatic rings. The zero-order valence-corrected chi connectivity index (χ0v) is 36.7. The van der Waals surface area contributed by atoms with Gasteiger partial charge >= 0.3 is 17.9 Å². The average molecular weight is 765 g/mol. The van der Waals surface area contributed by atoms with Crippen LogP contribution < -0.4 is 0 Å². The van der Waals surface area contributed by atoms with Crippen molar-refractivity contribution < 1.29 is 28.6 Å². The molecule has 0 unspecified atom stereocenters. The zero-order chi connectivity index (χ0) is 39.6. The molecule has 0 rings (SSSR count). The summed E-state index contributed by atoms with van der Waals surface area (Å²) in [5, 5.41) is 0. The standard InChI is InChI=1S/C48H92O6/c1-5-7-9-11-13-15-17-19-21-22-24-26-31-35-39-46(49)52-42-45(43-53-47(50)40-36-32-29-28-30-34-38-44(3)4)54-48(51)41-37-33-27-25-23-20-18-16-14-12-10-8-6-2/h44-45H,5-43H2,1-4H3/t45-/m1/s1. The van der Waals surface area contributed by atoms with Gasteiger partial charge in [-0.05, 0) is 25.2 Å². The van der Waals surface area contributed by atoms with Gasteiger partial charge in [0.15, 0.2) is 6.10 Å². The van der Waals surface area contributed by atoms with Crippen LogP contribution in [0.4, 0.5) is 0 Å². The van der Waals surface area contributed by atoms with Gasteiger partial charge in [-0.25, -0.2) is 0 Å². The van der Waals surface area contributed by atoms with Crippen LogP contribution in [0.3, 0.4) is 0 Å². The number of hydrogen-bond donors (Lipinski definition) is 0. The van der Waals surface area contributed by atoms with Gasteiger partial charge in [-0.2, -0.15) is 0 Å². The van der Waals surface area contributed by atoms with Crippen molar-refractivity contribution in [2.24, 2.45) is 5.92 Å². The third-order valence-corrected chi connectivity index (χ3v) is 10.8. The Morgan fingerprint density at radius 2 is 0.611 bits per heavy atom. The summed E-state index contributed by atoms with van der Waals surface area (Å²) in [6.45, 7) is 8.94. The predicted molar refractivity (Wildman–Crippen MR) is 229 cm³/mol. The lowest BCUT2D eigenvalue weighted by molar-refractivity contribution is -0.167. The maximum atomic E-state index is 12.7. The summed E-state index contributed by atoms with van der Waals surface area (Å²) >= 11 is 0. The molecule has 0 heterocycles. The predicted octanol–water partition coefficient (Wildman–Crippen LogP) is 15.1. The highest BCUT2D eigenvalue weighted by Crippen LogP contribution is 2.16. The van der Waals surface area contributed by atoms with Crippen LogP contribution in [-0.4, -0.2) is 37.2 Å². The fourth-order valence-electron chi connectivity index (χ4n) is 7.16. The van der Waals surface area contributed by atoms with Gasteiger partial charge in [0, 0.05) is 19.3 Å². The molecule has 54 heavy (non-hydrogen) atoms. The molecule has 0 aliphatic rings.